The molecule has 0 aliphatic carbocycles. The number of nitrogens with zero attached hydrogens (tertiary/aromatic N) is 2. The molecule has 0 atom stereocenters. The maximum Gasteiger partial charge on any atom is 0.282 e. The van der Waals surface area contributed by atoms with Gasteiger partial charge in [0.25, 0.3) is 10.2 Å². The van der Waals surface area contributed by atoms with Crippen LogP contribution >= 0.6 is 0 Å². The van der Waals surface area contributed by atoms with Gasteiger partial charge in [0.1, 0.15) is 0 Å². The van der Waals surface area contributed by atoms with Gasteiger partial charge in [-0.25, -0.2) is 0 Å². The molecule has 0 radical (unpaired) electrons. The van der Waals surface area contributed by atoms with E-state index in [1.54, 1.807) is 11.4 Å². The van der Waals surface area contributed by atoms with E-state index in [1.165, 1.54) is 9.87 Å². The van der Waals surface area contributed by atoms with Crippen LogP contribution in [-0.2, 0) is 16.8 Å². The molecule has 0 bridgehead atoms. The molecule has 1 heterocycles. The van der Waals surface area contributed by atoms with Crippen LogP contribution in [0.2, 0.25) is 0 Å². The molecule has 1 fully saturated rings. The van der Waals surface area contributed by atoms with Gasteiger partial charge in [0.2, 0.25) is 0 Å². The van der Waals surface area contributed by atoms with Crippen molar-refractivity contribution in [2.45, 2.75) is 26.3 Å². The number of piperazine rings is 1. The molecule has 21 heavy (non-hydrogen) atoms. The van der Waals surface area contributed by atoms with E-state index < -0.39 is 10.2 Å². The van der Waals surface area contributed by atoms with Crippen molar-refractivity contribution < 1.29 is 8.42 Å². The predicted molar refractivity (Wildman–Crippen MR) is 85.4 cm³/mol. The molecule has 0 spiro atoms. The van der Waals surface area contributed by atoms with Crippen LogP contribution in [0.5, 0.6) is 0 Å². The molecular formula is C15H25N3O2S. The van der Waals surface area contributed by atoms with Crippen LogP contribution in [0.4, 0.5) is 0 Å². The maximum atomic E-state index is 12.5. The molecule has 0 amide bonds. The van der Waals surface area contributed by atoms with E-state index in [2.05, 4.69) is 31.3 Å². The van der Waals surface area contributed by atoms with Gasteiger partial charge >= 0.3 is 0 Å². The number of hydrogen-bond acceptors (Lipinski definition) is 3. The van der Waals surface area contributed by atoms with Gasteiger partial charge < -0.3 is 5.32 Å². The summed E-state index contributed by atoms with van der Waals surface area (Å²) in [4.78, 5) is 0. The molecule has 1 aliphatic rings. The van der Waals surface area contributed by atoms with Gasteiger partial charge in [-0.2, -0.15) is 17.0 Å². The molecule has 0 aromatic heterocycles. The Balaban J connectivity index is 2.04. The summed E-state index contributed by atoms with van der Waals surface area (Å²) in [5, 5.41) is 3.17. The van der Waals surface area contributed by atoms with E-state index in [0.717, 1.165) is 18.7 Å². The van der Waals surface area contributed by atoms with Crippen LogP contribution in [0.1, 0.15) is 30.9 Å². The summed E-state index contributed by atoms with van der Waals surface area (Å²) in [5.74, 6) is 0.487. The zero-order valence-corrected chi connectivity index (χ0v) is 13.9. The van der Waals surface area contributed by atoms with Gasteiger partial charge in [0, 0.05) is 39.8 Å². The first-order valence-electron chi connectivity index (χ1n) is 7.42. The van der Waals surface area contributed by atoms with Crippen molar-refractivity contribution in [1.82, 2.24) is 13.9 Å². The molecular weight excluding hydrogens is 286 g/mol. The van der Waals surface area contributed by atoms with Gasteiger partial charge in [0.05, 0.1) is 0 Å². The van der Waals surface area contributed by atoms with Gasteiger partial charge in [-0.3, -0.25) is 0 Å². The van der Waals surface area contributed by atoms with Gasteiger partial charge in [-0.05, 0) is 17.0 Å². The Morgan fingerprint density at radius 3 is 2.29 bits per heavy atom. The second kappa shape index (κ2) is 6.87. The van der Waals surface area contributed by atoms with Gasteiger partial charge in [-0.1, -0.05) is 38.1 Å². The van der Waals surface area contributed by atoms with Crippen LogP contribution in [-0.4, -0.2) is 50.3 Å². The summed E-state index contributed by atoms with van der Waals surface area (Å²) in [6.45, 7) is 7.22. The fourth-order valence-corrected chi connectivity index (χ4v) is 3.77. The molecule has 5 nitrogen and oxygen atoms in total. The summed E-state index contributed by atoms with van der Waals surface area (Å²) < 4.78 is 28.0. The molecule has 2 rings (SSSR count). The van der Waals surface area contributed by atoms with Crippen LogP contribution in [0.3, 0.4) is 0 Å². The average molecular weight is 311 g/mol. The third-order valence-electron chi connectivity index (χ3n) is 3.85. The second-order valence-electron chi connectivity index (χ2n) is 5.81. The number of nitrogens with one attached hydrogen (secondary N) is 1. The van der Waals surface area contributed by atoms with E-state index in [4.69, 9.17) is 0 Å². The molecule has 1 aliphatic heterocycles. The Morgan fingerprint density at radius 2 is 1.76 bits per heavy atom. The van der Waals surface area contributed by atoms with Gasteiger partial charge in [-0.15, -0.1) is 0 Å². The minimum atomic E-state index is -3.36. The summed E-state index contributed by atoms with van der Waals surface area (Å²) in [6, 6.07) is 8.18. The average Bonchev–Trinajstić information content (AvgIpc) is 2.48. The molecule has 1 N–H and O–H groups in total. The van der Waals surface area contributed by atoms with Crippen molar-refractivity contribution >= 4 is 10.2 Å². The first kappa shape index (κ1) is 16.4. The minimum absolute atomic E-state index is 0.407. The Bertz CT molecular complexity index is 549. The molecule has 118 valence electrons. The third-order valence-corrected chi connectivity index (χ3v) is 5.78. The fraction of sp³-hybridized carbons (Fsp3) is 0.600. The van der Waals surface area contributed by atoms with Crippen molar-refractivity contribution in [2.75, 3.05) is 33.2 Å². The number of benzene rings is 1. The van der Waals surface area contributed by atoms with Crippen molar-refractivity contribution in [1.29, 1.82) is 0 Å². The van der Waals surface area contributed by atoms with Crippen molar-refractivity contribution in [3.8, 4) is 0 Å². The van der Waals surface area contributed by atoms with E-state index in [-0.39, 0.29) is 0 Å². The lowest BCUT2D eigenvalue weighted by molar-refractivity contribution is 0.324. The zero-order chi connectivity index (χ0) is 15.5. The van der Waals surface area contributed by atoms with Crippen LogP contribution < -0.4 is 5.32 Å². The quantitative estimate of drug-likeness (QED) is 0.894. The van der Waals surface area contributed by atoms with Crippen LogP contribution in [0.25, 0.3) is 0 Å². The molecule has 0 unspecified atom stereocenters. The first-order valence-corrected chi connectivity index (χ1v) is 8.82. The second-order valence-corrected chi connectivity index (χ2v) is 7.84. The summed E-state index contributed by atoms with van der Waals surface area (Å²) in [7, 11) is -1.71. The number of rotatable bonds is 5. The standard InChI is InChI=1S/C15H25N3O2S/c1-13(2)15-6-4-14(5-7-15)12-17(3)21(19,20)18-10-8-16-9-11-18/h4-7,13,16H,8-12H2,1-3H3. The topological polar surface area (TPSA) is 52.7 Å². The van der Waals surface area contributed by atoms with E-state index in [1.807, 2.05) is 12.1 Å². The largest absolute Gasteiger partial charge is 0.314 e. The Labute approximate surface area is 128 Å². The van der Waals surface area contributed by atoms with Crippen molar-refractivity contribution in [3.05, 3.63) is 35.4 Å². The normalized spacial score (nSPS) is 17.6. The minimum Gasteiger partial charge on any atom is -0.314 e. The van der Waals surface area contributed by atoms with E-state index >= 15 is 0 Å². The highest BCUT2D eigenvalue weighted by Crippen LogP contribution is 2.17. The van der Waals surface area contributed by atoms with Crippen molar-refractivity contribution in [3.63, 3.8) is 0 Å². The number of hydrogen-bond donors (Lipinski definition) is 1. The molecule has 1 aromatic rings. The van der Waals surface area contributed by atoms with Crippen LogP contribution in [0.15, 0.2) is 24.3 Å². The highest BCUT2D eigenvalue weighted by atomic mass is 32.2. The smallest absolute Gasteiger partial charge is 0.282 e. The summed E-state index contributed by atoms with van der Waals surface area (Å²) in [5.41, 5.74) is 2.28. The Morgan fingerprint density at radius 1 is 1.19 bits per heavy atom. The van der Waals surface area contributed by atoms with Crippen molar-refractivity contribution in [2.24, 2.45) is 0 Å². The van der Waals surface area contributed by atoms with Gasteiger partial charge in [0.15, 0.2) is 0 Å². The zero-order valence-electron chi connectivity index (χ0n) is 13.0. The monoisotopic (exact) mass is 311 g/mol. The molecule has 0 saturated carbocycles. The molecule has 1 saturated heterocycles. The summed E-state index contributed by atoms with van der Waals surface area (Å²) in [6.07, 6.45) is 0. The third kappa shape index (κ3) is 4.03. The summed E-state index contributed by atoms with van der Waals surface area (Å²) >= 11 is 0. The fourth-order valence-electron chi connectivity index (χ4n) is 2.42. The lowest BCUT2D eigenvalue weighted by Crippen LogP contribution is -2.50. The Kier molecular flexibility index (Phi) is 5.37. The Hall–Kier alpha value is -0.950. The maximum absolute atomic E-state index is 12.5. The lowest BCUT2D eigenvalue weighted by atomic mass is 10.0. The first-order chi connectivity index (χ1) is 9.91. The van der Waals surface area contributed by atoms with E-state index in [0.29, 0.717) is 25.6 Å². The highest BCUT2D eigenvalue weighted by Gasteiger charge is 2.27. The van der Waals surface area contributed by atoms with E-state index in [9.17, 15) is 8.42 Å². The highest BCUT2D eigenvalue weighted by molar-refractivity contribution is 7.86. The molecule has 1 aromatic carbocycles. The lowest BCUT2D eigenvalue weighted by Gasteiger charge is -2.30. The SMILES string of the molecule is CC(C)c1ccc(CN(C)S(=O)(=O)N2CCNCC2)cc1. The predicted octanol–water partition coefficient (Wildman–Crippen LogP) is 1.39. The molecule has 6 heteroatoms. The van der Waals surface area contributed by atoms with Crippen LogP contribution in [0, 0.1) is 0 Å².